The van der Waals surface area contributed by atoms with Gasteiger partial charge in [-0.3, -0.25) is 4.79 Å². The largest absolute Gasteiger partial charge is 0.494 e. The van der Waals surface area contributed by atoms with E-state index in [4.69, 9.17) is 10.5 Å². The zero-order valence-electron chi connectivity index (χ0n) is 15.7. The summed E-state index contributed by atoms with van der Waals surface area (Å²) in [4.78, 5) is 12.1. The molecule has 1 aromatic rings. The third-order valence-electron chi connectivity index (χ3n) is 5.06. The van der Waals surface area contributed by atoms with E-state index in [1.807, 2.05) is 24.3 Å². The number of benzene rings is 1. The Morgan fingerprint density at radius 3 is 3.03 bits per heavy atom. The van der Waals surface area contributed by atoms with Crippen molar-refractivity contribution < 1.29 is 18.3 Å². The summed E-state index contributed by atoms with van der Waals surface area (Å²) in [6, 6.07) is 3.25. The number of hydrogen-bond donors (Lipinski definition) is 1. The first-order chi connectivity index (χ1) is 14.0. The number of allylic oxidation sites excluding steroid dienone is 4. The Balaban J connectivity index is 1.85. The lowest BCUT2D eigenvalue weighted by molar-refractivity contribution is -0.133. The van der Waals surface area contributed by atoms with Gasteiger partial charge in [-0.05, 0) is 43.5 Å². The van der Waals surface area contributed by atoms with Gasteiger partial charge in [0.05, 0.1) is 6.61 Å². The Hall–Kier alpha value is -2.45. The highest BCUT2D eigenvalue weighted by atomic mass is 32.2. The van der Waals surface area contributed by atoms with Crippen molar-refractivity contribution in [1.29, 1.82) is 0 Å². The van der Waals surface area contributed by atoms with E-state index in [0.717, 1.165) is 23.8 Å². The molecule has 0 radical (unpaired) electrons. The summed E-state index contributed by atoms with van der Waals surface area (Å²) >= 11 is 1.28. The predicted octanol–water partition coefficient (Wildman–Crippen LogP) is 3.83. The van der Waals surface area contributed by atoms with E-state index in [9.17, 15) is 13.6 Å². The summed E-state index contributed by atoms with van der Waals surface area (Å²) in [5, 5.41) is 6.18. The molecule has 1 aromatic carbocycles. The Bertz CT molecular complexity index is 957. The minimum atomic E-state index is -0.856. The zero-order valence-corrected chi connectivity index (χ0v) is 16.6. The molecule has 0 saturated heterocycles. The highest BCUT2D eigenvalue weighted by Crippen LogP contribution is 2.51. The summed E-state index contributed by atoms with van der Waals surface area (Å²) < 4.78 is 34.2. The summed E-state index contributed by atoms with van der Waals surface area (Å²) in [5.74, 6) is -0.699. The average molecular weight is 417 g/mol. The minimum Gasteiger partial charge on any atom is -0.494 e. The van der Waals surface area contributed by atoms with Crippen LogP contribution in [0, 0.1) is 11.6 Å². The maximum Gasteiger partial charge on any atom is 0.245 e. The SMILES string of the molecule is NCCC(=O)N1N=C(c2cc(F)ccc2F)SC12CCCOC1=C2CC=CC=C1. The van der Waals surface area contributed by atoms with Crippen molar-refractivity contribution >= 4 is 22.7 Å². The zero-order chi connectivity index (χ0) is 20.4. The van der Waals surface area contributed by atoms with E-state index < -0.39 is 16.5 Å². The first-order valence-corrected chi connectivity index (χ1v) is 10.3. The average Bonchev–Trinajstić information content (AvgIpc) is 2.82. The van der Waals surface area contributed by atoms with E-state index in [-0.39, 0.29) is 29.5 Å². The quantitative estimate of drug-likeness (QED) is 0.812. The molecule has 3 aliphatic rings. The van der Waals surface area contributed by atoms with E-state index in [1.54, 1.807) is 0 Å². The van der Waals surface area contributed by atoms with Gasteiger partial charge in [-0.15, -0.1) is 0 Å². The van der Waals surface area contributed by atoms with Crippen LogP contribution in [0.15, 0.2) is 58.9 Å². The number of ether oxygens (including phenoxy) is 1. The van der Waals surface area contributed by atoms with Crippen molar-refractivity contribution in [3.63, 3.8) is 0 Å². The summed E-state index contributed by atoms with van der Waals surface area (Å²) in [7, 11) is 0. The van der Waals surface area contributed by atoms with Crippen LogP contribution in [0.5, 0.6) is 0 Å². The topological polar surface area (TPSA) is 67.9 Å². The van der Waals surface area contributed by atoms with Gasteiger partial charge in [0.25, 0.3) is 0 Å². The van der Waals surface area contributed by atoms with Crippen LogP contribution in [0.3, 0.4) is 0 Å². The van der Waals surface area contributed by atoms with Gasteiger partial charge in [-0.1, -0.05) is 30.0 Å². The van der Waals surface area contributed by atoms with Gasteiger partial charge in [-0.25, -0.2) is 13.8 Å². The van der Waals surface area contributed by atoms with Gasteiger partial charge in [0.15, 0.2) is 0 Å². The number of halogens is 2. The highest BCUT2D eigenvalue weighted by molar-refractivity contribution is 8.16. The van der Waals surface area contributed by atoms with E-state index in [0.29, 0.717) is 31.6 Å². The molecule has 2 N–H and O–H groups in total. The minimum absolute atomic E-state index is 0.0458. The molecule has 1 atom stereocenters. The summed E-state index contributed by atoms with van der Waals surface area (Å²) in [6.07, 6.45) is 9.63. The second-order valence-corrected chi connectivity index (χ2v) is 8.21. The van der Waals surface area contributed by atoms with Crippen molar-refractivity contribution in [2.24, 2.45) is 10.8 Å². The lowest BCUT2D eigenvalue weighted by Gasteiger charge is -2.36. The van der Waals surface area contributed by atoms with Gasteiger partial charge in [0.1, 0.15) is 27.3 Å². The fraction of sp³-hybridized carbons (Fsp3) is 0.333. The van der Waals surface area contributed by atoms with Crippen molar-refractivity contribution in [1.82, 2.24) is 5.01 Å². The molecule has 5 nitrogen and oxygen atoms in total. The monoisotopic (exact) mass is 417 g/mol. The number of carbonyl (C=O) groups is 1. The number of carbonyl (C=O) groups excluding carboxylic acids is 1. The van der Waals surface area contributed by atoms with Crippen molar-refractivity contribution in [2.45, 2.75) is 30.6 Å². The molecule has 8 heteroatoms. The third-order valence-corrected chi connectivity index (χ3v) is 6.51. The molecular formula is C21H21F2N3O2S. The third kappa shape index (κ3) is 3.62. The molecular weight excluding hydrogens is 396 g/mol. The Morgan fingerprint density at radius 1 is 1.34 bits per heavy atom. The van der Waals surface area contributed by atoms with Crippen LogP contribution < -0.4 is 5.73 Å². The van der Waals surface area contributed by atoms with Crippen molar-refractivity contribution in [3.8, 4) is 0 Å². The molecule has 2 aliphatic heterocycles. The summed E-state index contributed by atoms with van der Waals surface area (Å²) in [6.45, 7) is 0.686. The molecule has 152 valence electrons. The van der Waals surface area contributed by atoms with Crippen LogP contribution in [0.4, 0.5) is 8.78 Å². The number of nitrogens with two attached hydrogens (primary N) is 1. The van der Waals surface area contributed by atoms with Crippen molar-refractivity contribution in [2.75, 3.05) is 13.2 Å². The Morgan fingerprint density at radius 2 is 2.21 bits per heavy atom. The molecule has 2 heterocycles. The lowest BCUT2D eigenvalue weighted by Crippen LogP contribution is -2.46. The molecule has 1 spiro atoms. The van der Waals surface area contributed by atoms with E-state index in [1.165, 1.54) is 16.8 Å². The molecule has 29 heavy (non-hydrogen) atoms. The maximum absolute atomic E-state index is 14.5. The molecule has 1 unspecified atom stereocenters. The van der Waals surface area contributed by atoms with E-state index in [2.05, 4.69) is 5.10 Å². The number of nitrogens with zero attached hydrogens (tertiary/aromatic N) is 2. The summed E-state index contributed by atoms with van der Waals surface area (Å²) in [5.41, 5.74) is 6.56. The number of fused-ring (bicyclic) bond motifs is 1. The van der Waals surface area contributed by atoms with Crippen LogP contribution in [0.25, 0.3) is 0 Å². The van der Waals surface area contributed by atoms with Gasteiger partial charge in [-0.2, -0.15) is 5.10 Å². The molecule has 4 rings (SSSR count). The number of rotatable bonds is 3. The first kappa shape index (κ1) is 19.8. The van der Waals surface area contributed by atoms with Gasteiger partial charge in [0, 0.05) is 24.1 Å². The second-order valence-electron chi connectivity index (χ2n) is 6.95. The van der Waals surface area contributed by atoms with Crippen LogP contribution in [-0.2, 0) is 9.53 Å². The van der Waals surface area contributed by atoms with Gasteiger partial charge in [0.2, 0.25) is 5.91 Å². The number of hydrogen-bond acceptors (Lipinski definition) is 5. The molecule has 0 saturated carbocycles. The van der Waals surface area contributed by atoms with Crippen LogP contribution in [-0.4, -0.2) is 34.0 Å². The van der Waals surface area contributed by atoms with E-state index >= 15 is 0 Å². The van der Waals surface area contributed by atoms with Crippen LogP contribution in [0.2, 0.25) is 0 Å². The smallest absolute Gasteiger partial charge is 0.245 e. The fourth-order valence-electron chi connectivity index (χ4n) is 3.74. The van der Waals surface area contributed by atoms with Crippen LogP contribution in [0.1, 0.15) is 31.2 Å². The van der Waals surface area contributed by atoms with Gasteiger partial charge >= 0.3 is 0 Å². The maximum atomic E-state index is 14.5. The number of hydrazone groups is 1. The Kier molecular flexibility index (Phi) is 5.56. The molecule has 1 amide bonds. The number of amides is 1. The lowest BCUT2D eigenvalue weighted by atomic mass is 9.97. The molecule has 1 aliphatic carbocycles. The Labute approximate surface area is 172 Å². The standard InChI is InChI=1S/C21H21F2N3O2S/c22-14-7-8-17(23)15(13-14)20-25-26(19(27)9-11-24)21(29-20)10-4-12-28-18-6-3-1-2-5-16(18)21/h1-3,6-8,13H,4-5,9-12,24H2. The normalized spacial score (nSPS) is 23.6. The fourth-order valence-corrected chi connectivity index (χ4v) is 5.23. The predicted molar refractivity (Wildman–Crippen MR) is 109 cm³/mol. The first-order valence-electron chi connectivity index (χ1n) is 9.51. The van der Waals surface area contributed by atoms with Gasteiger partial charge < -0.3 is 10.5 Å². The van der Waals surface area contributed by atoms with Crippen molar-refractivity contribution in [3.05, 3.63) is 71.0 Å². The molecule has 0 fully saturated rings. The van der Waals surface area contributed by atoms with Crippen LogP contribution >= 0.6 is 11.8 Å². The molecule has 0 aromatic heterocycles. The number of thioether (sulfide) groups is 1. The highest BCUT2D eigenvalue weighted by Gasteiger charge is 2.51. The second kappa shape index (κ2) is 8.12. The molecule has 0 bridgehead atoms.